The number of hydrogen-bond donors (Lipinski definition) is 0. The van der Waals surface area contributed by atoms with Crippen molar-refractivity contribution in [2.75, 3.05) is 18.0 Å². The largest absolute Gasteiger partial charge is 0.472 e. The monoisotopic (exact) mass is 378 g/mol. The zero-order chi connectivity index (χ0) is 19.3. The van der Waals surface area contributed by atoms with Crippen molar-refractivity contribution in [3.63, 3.8) is 0 Å². The van der Waals surface area contributed by atoms with E-state index in [1.165, 1.54) is 17.3 Å². The van der Waals surface area contributed by atoms with Crippen molar-refractivity contribution >= 4 is 5.69 Å². The number of benzene rings is 2. The molecule has 3 aromatic rings. The van der Waals surface area contributed by atoms with Gasteiger partial charge in [0.05, 0.1) is 6.54 Å². The normalized spacial score (nSPS) is 16.2. The van der Waals surface area contributed by atoms with Gasteiger partial charge in [-0.05, 0) is 48.4 Å². The van der Waals surface area contributed by atoms with Gasteiger partial charge in [-0.1, -0.05) is 25.1 Å². The van der Waals surface area contributed by atoms with Crippen LogP contribution in [-0.2, 0) is 6.42 Å². The predicted molar refractivity (Wildman–Crippen MR) is 108 cm³/mol. The highest BCUT2D eigenvalue weighted by molar-refractivity contribution is 5.57. The lowest BCUT2D eigenvalue weighted by molar-refractivity contribution is 0.216. The van der Waals surface area contributed by atoms with Crippen molar-refractivity contribution in [1.82, 2.24) is 4.98 Å². The van der Waals surface area contributed by atoms with E-state index in [0.29, 0.717) is 11.6 Å². The molecule has 1 atom stereocenters. The molecule has 28 heavy (non-hydrogen) atoms. The van der Waals surface area contributed by atoms with Gasteiger partial charge in [0.15, 0.2) is 11.6 Å². The van der Waals surface area contributed by atoms with Crippen molar-refractivity contribution < 1.29 is 13.9 Å². The zero-order valence-corrected chi connectivity index (χ0v) is 15.8. The van der Waals surface area contributed by atoms with E-state index >= 15 is 0 Å². The fraction of sp³-hybridized carbons (Fsp3) is 0.261. The Morgan fingerprint density at radius 3 is 2.75 bits per heavy atom. The Morgan fingerprint density at radius 2 is 1.96 bits per heavy atom. The molecule has 1 fully saturated rings. The summed E-state index contributed by atoms with van der Waals surface area (Å²) in [4.78, 5) is 6.58. The maximum absolute atomic E-state index is 13.9. The zero-order valence-electron chi connectivity index (χ0n) is 15.8. The fourth-order valence-electron chi connectivity index (χ4n) is 3.50. The first-order valence-electron chi connectivity index (χ1n) is 9.61. The van der Waals surface area contributed by atoms with Crippen LogP contribution in [0, 0.1) is 5.82 Å². The smallest absolute Gasteiger partial charge is 0.213 e. The minimum absolute atomic E-state index is 0.119. The highest BCUT2D eigenvalue weighted by Gasteiger charge is 2.26. The minimum Gasteiger partial charge on any atom is -0.472 e. The SMILES string of the molecule is CCc1cc(Oc2ccccc2F)ccc1N1CC[C@H](Oc2ccccn2)C1. The van der Waals surface area contributed by atoms with Gasteiger partial charge in [-0.15, -0.1) is 0 Å². The highest BCUT2D eigenvalue weighted by atomic mass is 19.1. The van der Waals surface area contributed by atoms with Gasteiger partial charge in [0.2, 0.25) is 5.88 Å². The summed E-state index contributed by atoms with van der Waals surface area (Å²) in [6.07, 6.45) is 3.68. The third-order valence-electron chi connectivity index (χ3n) is 4.91. The second-order valence-electron chi connectivity index (χ2n) is 6.82. The molecular weight excluding hydrogens is 355 g/mol. The molecule has 1 aromatic heterocycles. The first-order valence-corrected chi connectivity index (χ1v) is 9.61. The molecule has 2 heterocycles. The van der Waals surface area contributed by atoms with Gasteiger partial charge in [-0.2, -0.15) is 0 Å². The summed E-state index contributed by atoms with van der Waals surface area (Å²) in [7, 11) is 0. The van der Waals surface area contributed by atoms with Crippen LogP contribution in [0.2, 0.25) is 0 Å². The number of aromatic nitrogens is 1. The molecule has 1 aliphatic heterocycles. The minimum atomic E-state index is -0.362. The van der Waals surface area contributed by atoms with Crippen LogP contribution in [0.1, 0.15) is 18.9 Å². The first kappa shape index (κ1) is 18.3. The Balaban J connectivity index is 1.47. The lowest BCUT2D eigenvalue weighted by atomic mass is 10.1. The van der Waals surface area contributed by atoms with E-state index in [2.05, 4.69) is 22.9 Å². The molecule has 0 radical (unpaired) electrons. The van der Waals surface area contributed by atoms with Crippen LogP contribution in [-0.4, -0.2) is 24.2 Å². The molecule has 0 aliphatic carbocycles. The van der Waals surface area contributed by atoms with E-state index in [1.807, 2.05) is 30.3 Å². The summed E-state index contributed by atoms with van der Waals surface area (Å²) >= 11 is 0. The van der Waals surface area contributed by atoms with Gasteiger partial charge in [-0.3, -0.25) is 0 Å². The van der Waals surface area contributed by atoms with E-state index in [1.54, 1.807) is 24.4 Å². The molecule has 0 amide bonds. The number of ether oxygens (including phenoxy) is 2. The lowest BCUT2D eigenvalue weighted by Gasteiger charge is -2.22. The Labute approximate surface area is 164 Å². The number of nitrogens with zero attached hydrogens (tertiary/aromatic N) is 2. The average molecular weight is 378 g/mol. The predicted octanol–water partition coefficient (Wildman–Crippen LogP) is 5.23. The molecule has 0 unspecified atom stereocenters. The third kappa shape index (κ3) is 4.09. The average Bonchev–Trinajstić information content (AvgIpc) is 3.18. The number of pyridine rings is 1. The summed E-state index contributed by atoms with van der Waals surface area (Å²) in [5.41, 5.74) is 2.35. The van der Waals surface area contributed by atoms with Crippen LogP contribution in [0.15, 0.2) is 66.9 Å². The molecular formula is C23H23FN2O2. The van der Waals surface area contributed by atoms with E-state index in [-0.39, 0.29) is 17.7 Å². The lowest BCUT2D eigenvalue weighted by Crippen LogP contribution is -2.25. The Morgan fingerprint density at radius 1 is 1.11 bits per heavy atom. The molecule has 0 saturated carbocycles. The summed E-state index contributed by atoms with van der Waals surface area (Å²) in [5.74, 6) is 1.19. The molecule has 4 rings (SSSR count). The van der Waals surface area contributed by atoms with Crippen molar-refractivity contribution in [1.29, 1.82) is 0 Å². The van der Waals surface area contributed by atoms with Gasteiger partial charge in [0.25, 0.3) is 0 Å². The number of aryl methyl sites for hydroxylation is 1. The maximum atomic E-state index is 13.9. The van der Waals surface area contributed by atoms with Crippen molar-refractivity contribution in [2.45, 2.75) is 25.9 Å². The number of halogens is 1. The van der Waals surface area contributed by atoms with Gasteiger partial charge in [0, 0.05) is 30.9 Å². The van der Waals surface area contributed by atoms with Crippen LogP contribution < -0.4 is 14.4 Å². The van der Waals surface area contributed by atoms with Gasteiger partial charge >= 0.3 is 0 Å². The number of anilines is 1. The first-order chi connectivity index (χ1) is 13.7. The molecule has 5 heteroatoms. The van der Waals surface area contributed by atoms with Crippen LogP contribution in [0.4, 0.5) is 10.1 Å². The van der Waals surface area contributed by atoms with Gasteiger partial charge < -0.3 is 14.4 Å². The van der Waals surface area contributed by atoms with E-state index in [0.717, 1.165) is 25.9 Å². The second-order valence-corrected chi connectivity index (χ2v) is 6.82. The molecule has 1 aliphatic rings. The van der Waals surface area contributed by atoms with Crippen LogP contribution in [0.5, 0.6) is 17.4 Å². The van der Waals surface area contributed by atoms with E-state index in [9.17, 15) is 4.39 Å². The standard InChI is InChI=1S/C23H23FN2O2/c1-2-17-15-18(27-22-8-4-3-7-20(22)24)10-11-21(17)26-14-12-19(16-26)28-23-9-5-6-13-25-23/h3-11,13,15,19H,2,12,14,16H2,1H3/t19-/m0/s1. The molecule has 0 spiro atoms. The van der Waals surface area contributed by atoms with Crippen LogP contribution in [0.25, 0.3) is 0 Å². The molecule has 2 aromatic carbocycles. The van der Waals surface area contributed by atoms with Crippen molar-refractivity contribution in [2.24, 2.45) is 0 Å². The van der Waals surface area contributed by atoms with Gasteiger partial charge in [0.1, 0.15) is 11.9 Å². The summed E-state index contributed by atoms with van der Waals surface area (Å²) in [5, 5.41) is 0. The summed E-state index contributed by atoms with van der Waals surface area (Å²) in [6, 6.07) is 18.1. The summed E-state index contributed by atoms with van der Waals surface area (Å²) < 4.78 is 25.6. The van der Waals surface area contributed by atoms with Crippen molar-refractivity contribution in [3.8, 4) is 17.4 Å². The Hall–Kier alpha value is -3.08. The topological polar surface area (TPSA) is 34.6 Å². The highest BCUT2D eigenvalue weighted by Crippen LogP contribution is 2.32. The van der Waals surface area contributed by atoms with Gasteiger partial charge in [-0.25, -0.2) is 9.37 Å². The second kappa shape index (κ2) is 8.30. The third-order valence-corrected chi connectivity index (χ3v) is 4.91. The maximum Gasteiger partial charge on any atom is 0.213 e. The Kier molecular flexibility index (Phi) is 5.42. The van der Waals surface area contributed by atoms with E-state index < -0.39 is 0 Å². The number of para-hydroxylation sites is 1. The van der Waals surface area contributed by atoms with Crippen LogP contribution in [0.3, 0.4) is 0 Å². The molecule has 144 valence electrons. The molecule has 0 N–H and O–H groups in total. The van der Waals surface area contributed by atoms with Crippen molar-refractivity contribution in [3.05, 3.63) is 78.2 Å². The quantitative estimate of drug-likeness (QED) is 0.588. The fourth-order valence-corrected chi connectivity index (χ4v) is 3.50. The molecule has 4 nitrogen and oxygen atoms in total. The van der Waals surface area contributed by atoms with E-state index in [4.69, 9.17) is 9.47 Å². The Bertz CT molecular complexity index is 933. The van der Waals surface area contributed by atoms with Crippen LogP contribution >= 0.6 is 0 Å². The number of rotatable bonds is 6. The number of hydrogen-bond acceptors (Lipinski definition) is 4. The molecule has 1 saturated heterocycles. The summed E-state index contributed by atoms with van der Waals surface area (Å²) in [6.45, 7) is 3.86. The molecule has 0 bridgehead atoms.